The molecule has 8 atom stereocenters. The number of aryl methyl sites for hydroxylation is 6. The van der Waals surface area contributed by atoms with Gasteiger partial charge in [0.2, 0.25) is 45.0 Å². The monoisotopic (exact) mass is 2140 g/mol. The van der Waals surface area contributed by atoms with Crippen LogP contribution >= 0.6 is 184 Å². The number of sulfone groups is 3. The third-order valence-electron chi connectivity index (χ3n) is 14.5. The summed E-state index contributed by atoms with van der Waals surface area (Å²) >= 11 is 32.6. The molecule has 0 aliphatic heterocycles. The molecule has 2 aliphatic rings. The molecule has 32 nitrogen and oxygen atoms in total. The quantitative estimate of drug-likeness (QED) is 0.0213. The van der Waals surface area contributed by atoms with Gasteiger partial charge in [-0.2, -0.15) is 4.98 Å². The molecule has 2 saturated carbocycles. The highest BCUT2D eigenvalue weighted by molar-refractivity contribution is 14.1. The molecule has 584 valence electrons. The number of halogens is 7. The zero-order chi connectivity index (χ0) is 80.5. The number of thioether (sulfide) groups is 4. The van der Waals surface area contributed by atoms with E-state index in [1.54, 1.807) is 27.7 Å². The van der Waals surface area contributed by atoms with E-state index in [-0.39, 0.29) is 62.1 Å². The number of aromatic nitrogens is 15. The van der Waals surface area contributed by atoms with Crippen molar-refractivity contribution >= 4 is 235 Å². The van der Waals surface area contributed by atoms with Crippen LogP contribution in [0.2, 0.25) is 15.5 Å². The first-order valence-corrected chi connectivity index (χ1v) is 47.3. The maximum absolute atomic E-state index is 12.1. The molecule has 47 heteroatoms. The van der Waals surface area contributed by atoms with Crippen LogP contribution in [0, 0.1) is 67.7 Å². The lowest BCUT2D eigenvalue weighted by Crippen LogP contribution is -2.36. The highest BCUT2D eigenvalue weighted by Crippen LogP contribution is 2.39. The SMILES string of the molecule is CS(=O)(=O)c1nc(Cl)c(I)c(N[C@@H]2C[C@H](CO)[C@@H](O)[C@H]2O)n1.CSc1nc(C)c(I)c(=O)[nH]1.CSc1nc(C)c(I)c(Cl)n1.CSc1nc(C)cc(=O)[nH]1.CSc1nc(C)cc(=O)[nH]1.Cc1nc(S(C)(=O)=O)nc(Cl)c1I.Cc1nc(S(C)(=O)=O)nc(N[C@@H]2C[C@H](CO)[C@@H](O)[C@H]2O)c1-c1nc2ccccc2s1. The number of aromatic amines is 3. The zero-order valence-electron chi connectivity index (χ0n) is 58.5. The summed E-state index contributed by atoms with van der Waals surface area (Å²) in [6.45, 7) is 10.2. The van der Waals surface area contributed by atoms with Gasteiger partial charge in [-0.25, -0.2) is 80.1 Å². The van der Waals surface area contributed by atoms with Gasteiger partial charge in [-0.15, -0.1) is 11.3 Å². The average Bonchev–Trinajstić information content (AvgIpc) is 1.69. The molecule has 1 aromatic carbocycles. The van der Waals surface area contributed by atoms with Crippen LogP contribution in [0.3, 0.4) is 0 Å². The summed E-state index contributed by atoms with van der Waals surface area (Å²) in [5.41, 5.74) is 5.36. The number of aliphatic hydroxyl groups is 6. The number of para-hydroxylation sites is 1. The van der Waals surface area contributed by atoms with Crippen LogP contribution in [0.15, 0.2) is 86.9 Å². The summed E-state index contributed by atoms with van der Waals surface area (Å²) in [4.78, 5) is 89.2. The second kappa shape index (κ2) is 42.5. The van der Waals surface area contributed by atoms with Gasteiger partial charge in [0.25, 0.3) is 16.7 Å². The molecule has 11 rings (SSSR count). The molecular formula is C60H72Cl3I4N17O15S8. The van der Waals surface area contributed by atoms with Crippen molar-refractivity contribution in [3.05, 3.63) is 131 Å². The Hall–Kier alpha value is -3.53. The van der Waals surface area contributed by atoms with Crippen molar-refractivity contribution in [1.82, 2.24) is 74.8 Å². The number of nitrogens with zero attached hydrogens (tertiary/aromatic N) is 12. The Balaban J connectivity index is 0.000000235. The number of hydrogen-bond donors (Lipinski definition) is 11. The lowest BCUT2D eigenvalue weighted by molar-refractivity contribution is 0.00442. The summed E-state index contributed by atoms with van der Waals surface area (Å²) < 4.78 is 73.1. The van der Waals surface area contributed by atoms with Crippen molar-refractivity contribution < 1.29 is 55.9 Å². The Bertz CT molecular complexity index is 5030. The summed E-state index contributed by atoms with van der Waals surface area (Å²) in [5.74, 6) is -0.565. The van der Waals surface area contributed by atoms with Crippen LogP contribution in [-0.2, 0) is 29.5 Å². The van der Waals surface area contributed by atoms with Gasteiger partial charge in [0.15, 0.2) is 20.6 Å². The van der Waals surface area contributed by atoms with Gasteiger partial charge in [-0.05, 0) is 182 Å². The standard InChI is InChI=1S/C19H22N4O5S2.C11H15ClIN3O5S.C6H6ClIN2O2S.C6H6ClIN2S.C6H7IN2OS.2C6H8N2OS/c1-9-14(18-22-11-5-3-4-6-13(11)29-18)17(23-19(20-9)30(2,27)28)21-12-7-10(8-24)15(25)16(12)26;1-22(20,21)11-15-9(12)6(13)10(16-11)14-5-2-4(3-17)7(18)8(5)19;1-3-4(8)5(7)10-6(9-3)13(2,11)12;1-3-4(8)5(7)10-6(9-3)11-2;1-3-4(7)5(10)9-6(8-3)11-2;2*1-4-3-5(9)8-6(7-4)10-2/h3-6,10,12,15-16,24-26H,7-8H2,1-2H3,(H,20,21,23);4-5,7-8,17-19H,2-3H2,1H3,(H,14,15,16);1-2H3;1-2H3;1-2H3,(H,8,9,10);2*3H,1-2H3,(H,7,8,9)/t10-,12-,15-,16+;4-,5-,7-,8+;;;;;/m11...../s1. The Morgan fingerprint density at radius 2 is 0.897 bits per heavy atom. The van der Waals surface area contributed by atoms with Crippen molar-refractivity contribution in [3.8, 4) is 10.6 Å². The van der Waals surface area contributed by atoms with Crippen LogP contribution in [0.1, 0.15) is 47.0 Å². The van der Waals surface area contributed by atoms with E-state index in [4.69, 9.17) is 39.9 Å². The number of anilines is 2. The minimum absolute atomic E-state index is 0.0229. The predicted octanol–water partition coefficient (Wildman–Crippen LogP) is 7.85. The molecule has 0 amide bonds. The van der Waals surface area contributed by atoms with E-state index in [1.165, 1.54) is 70.5 Å². The Labute approximate surface area is 705 Å². The summed E-state index contributed by atoms with van der Waals surface area (Å²) in [7, 11) is -10.7. The van der Waals surface area contributed by atoms with Gasteiger partial charge < -0.3 is 56.2 Å². The first-order valence-electron chi connectivity index (χ1n) is 30.4. The summed E-state index contributed by atoms with van der Waals surface area (Å²) in [6.07, 6.45) is 6.81. The van der Waals surface area contributed by atoms with Gasteiger partial charge in [0.1, 0.15) is 44.3 Å². The topological polar surface area (TPSA) is 501 Å². The zero-order valence-corrected chi connectivity index (χ0v) is 76.0. The third kappa shape index (κ3) is 27.6. The van der Waals surface area contributed by atoms with Gasteiger partial charge in [0, 0.05) is 67.3 Å². The summed E-state index contributed by atoms with van der Waals surface area (Å²) in [6, 6.07) is 9.35. The molecule has 8 heterocycles. The minimum atomic E-state index is -3.68. The fourth-order valence-corrected chi connectivity index (χ4v) is 15.5. The maximum Gasteiger partial charge on any atom is 0.265 e. The molecule has 9 aromatic rings. The number of rotatable bonds is 14. The van der Waals surface area contributed by atoms with Crippen LogP contribution in [0.5, 0.6) is 0 Å². The highest BCUT2D eigenvalue weighted by atomic mass is 127. The Kier molecular flexibility index (Phi) is 37.4. The van der Waals surface area contributed by atoms with Crippen LogP contribution in [0.4, 0.5) is 11.6 Å². The van der Waals surface area contributed by atoms with Crippen molar-refractivity contribution in [2.24, 2.45) is 11.8 Å². The van der Waals surface area contributed by atoms with Crippen molar-refractivity contribution in [3.63, 3.8) is 0 Å². The third-order valence-corrected chi connectivity index (χ3v) is 27.0. The second-order valence-corrected chi connectivity index (χ2v) is 38.1. The molecule has 0 saturated heterocycles. The van der Waals surface area contributed by atoms with E-state index in [1.807, 2.05) is 131 Å². The number of aliphatic hydroxyl groups excluding tert-OH is 6. The smallest absolute Gasteiger partial charge is 0.265 e. The normalized spacial score (nSPS) is 18.1. The van der Waals surface area contributed by atoms with E-state index in [0.29, 0.717) is 66.1 Å². The highest BCUT2D eigenvalue weighted by Gasteiger charge is 2.43. The number of hydrogen-bond acceptors (Lipinski definition) is 34. The van der Waals surface area contributed by atoms with Crippen LogP contribution in [0.25, 0.3) is 20.8 Å². The molecule has 0 radical (unpaired) electrons. The number of fused-ring (bicyclic) bond motifs is 1. The molecule has 2 fully saturated rings. The average molecular weight is 2140 g/mol. The van der Waals surface area contributed by atoms with E-state index in [0.717, 1.165) is 60.5 Å². The molecule has 8 aromatic heterocycles. The van der Waals surface area contributed by atoms with Crippen LogP contribution < -0.4 is 27.3 Å². The predicted molar refractivity (Wildman–Crippen MR) is 451 cm³/mol. The van der Waals surface area contributed by atoms with Gasteiger partial charge in [-0.1, -0.05) is 94.0 Å². The molecule has 0 spiro atoms. The van der Waals surface area contributed by atoms with E-state index in [2.05, 4.69) is 108 Å². The second-order valence-electron chi connectivity index (χ2n) is 22.8. The van der Waals surface area contributed by atoms with Crippen LogP contribution in [-0.4, -0.2) is 224 Å². The largest absolute Gasteiger partial charge is 0.396 e. The molecule has 0 bridgehead atoms. The lowest BCUT2D eigenvalue weighted by Gasteiger charge is -2.21. The number of nitrogens with one attached hydrogen (secondary N) is 5. The fourth-order valence-electron chi connectivity index (χ4n) is 9.16. The number of thiazole rings is 1. The number of H-pyrrole nitrogens is 3. The number of benzene rings is 1. The lowest BCUT2D eigenvalue weighted by atomic mass is 10.1. The molecular weight excluding hydrogens is 2070 g/mol. The molecule has 0 unspecified atom stereocenters. The van der Waals surface area contributed by atoms with Crippen molar-refractivity contribution in [2.45, 2.75) is 127 Å². The first-order chi connectivity index (χ1) is 49.9. The van der Waals surface area contributed by atoms with Gasteiger partial charge in [0.05, 0.1) is 77.1 Å². The Morgan fingerprint density at radius 1 is 0.495 bits per heavy atom. The van der Waals surface area contributed by atoms with Gasteiger partial charge >= 0.3 is 0 Å². The van der Waals surface area contributed by atoms with E-state index < -0.39 is 83.0 Å². The van der Waals surface area contributed by atoms with Crippen molar-refractivity contribution in [1.29, 1.82) is 0 Å². The Morgan fingerprint density at radius 3 is 1.31 bits per heavy atom. The molecule has 2 aliphatic carbocycles. The van der Waals surface area contributed by atoms with Crippen molar-refractivity contribution in [2.75, 3.05) is 67.6 Å². The summed E-state index contributed by atoms with van der Waals surface area (Å²) in [5, 5.41) is 68.0. The van der Waals surface area contributed by atoms with E-state index >= 15 is 0 Å². The fraction of sp³-hybridized carbons (Fsp3) is 0.417. The first kappa shape index (κ1) is 94.1. The minimum Gasteiger partial charge on any atom is -0.396 e. The maximum atomic E-state index is 12.1. The van der Waals surface area contributed by atoms with E-state index in [9.17, 15) is 65.2 Å². The van der Waals surface area contributed by atoms with Gasteiger partial charge in [-0.3, -0.25) is 14.4 Å². The molecule has 107 heavy (non-hydrogen) atoms. The molecule has 11 N–H and O–H groups in total.